The average molecular weight is 323 g/mol. The van der Waals surface area contributed by atoms with E-state index >= 15 is 0 Å². The minimum atomic E-state index is 0.125. The molecule has 1 aromatic carbocycles. The van der Waals surface area contributed by atoms with Crippen LogP contribution in [-0.2, 0) is 11.3 Å². The lowest BCUT2D eigenvalue weighted by Crippen LogP contribution is -2.45. The molecule has 1 aromatic rings. The van der Waals surface area contributed by atoms with Crippen LogP contribution in [0.25, 0.3) is 0 Å². The summed E-state index contributed by atoms with van der Waals surface area (Å²) in [7, 11) is 0. The van der Waals surface area contributed by atoms with Gasteiger partial charge in [-0.15, -0.1) is 0 Å². The summed E-state index contributed by atoms with van der Waals surface area (Å²) in [6, 6.07) is 8.27. The third-order valence-electron chi connectivity index (χ3n) is 4.31. The van der Waals surface area contributed by atoms with Gasteiger partial charge in [0, 0.05) is 24.2 Å². The van der Waals surface area contributed by atoms with Crippen molar-refractivity contribution in [3.8, 4) is 0 Å². The van der Waals surface area contributed by atoms with Crippen LogP contribution < -0.4 is 5.32 Å². The summed E-state index contributed by atoms with van der Waals surface area (Å²) in [5.74, 6) is 0.349. The summed E-state index contributed by atoms with van der Waals surface area (Å²) in [4.78, 5) is 14.7. The summed E-state index contributed by atoms with van der Waals surface area (Å²) in [6.07, 6.45) is 4.25. The fourth-order valence-electron chi connectivity index (χ4n) is 3.13. The number of halogens is 1. The molecular weight excluding hydrogens is 296 g/mol. The van der Waals surface area contributed by atoms with E-state index in [1.807, 2.05) is 12.1 Å². The van der Waals surface area contributed by atoms with Crippen LogP contribution >= 0.6 is 11.6 Å². The number of nitrogens with zero attached hydrogens (tertiary/aromatic N) is 1. The van der Waals surface area contributed by atoms with Crippen LogP contribution in [0.3, 0.4) is 0 Å². The molecule has 122 valence electrons. The van der Waals surface area contributed by atoms with Gasteiger partial charge >= 0.3 is 0 Å². The van der Waals surface area contributed by atoms with E-state index in [-0.39, 0.29) is 17.9 Å². The molecule has 2 rings (SSSR count). The van der Waals surface area contributed by atoms with E-state index in [0.29, 0.717) is 0 Å². The molecule has 1 heterocycles. The molecule has 4 heteroatoms. The zero-order chi connectivity index (χ0) is 15.9. The van der Waals surface area contributed by atoms with Gasteiger partial charge < -0.3 is 5.32 Å². The maximum atomic E-state index is 12.4. The molecule has 0 unspecified atom stereocenters. The number of rotatable bonds is 6. The minimum Gasteiger partial charge on any atom is -0.353 e. The molecule has 1 aliphatic rings. The molecule has 0 aliphatic carbocycles. The number of carbonyl (C=O) groups is 1. The van der Waals surface area contributed by atoms with E-state index in [2.05, 4.69) is 36.2 Å². The Balaban J connectivity index is 1.85. The van der Waals surface area contributed by atoms with Crippen LogP contribution in [0.1, 0.15) is 45.1 Å². The van der Waals surface area contributed by atoms with Crippen molar-refractivity contribution in [2.24, 2.45) is 5.92 Å². The molecule has 1 fully saturated rings. The summed E-state index contributed by atoms with van der Waals surface area (Å²) in [5, 5.41) is 3.93. The Hall–Kier alpha value is -1.06. The Morgan fingerprint density at radius 2 is 2.14 bits per heavy atom. The van der Waals surface area contributed by atoms with E-state index in [0.717, 1.165) is 50.3 Å². The van der Waals surface area contributed by atoms with Gasteiger partial charge in [-0.05, 0) is 50.4 Å². The van der Waals surface area contributed by atoms with Crippen molar-refractivity contribution in [2.45, 2.75) is 52.1 Å². The molecule has 1 aliphatic heterocycles. The molecule has 0 bridgehead atoms. The first-order chi connectivity index (χ1) is 10.6. The van der Waals surface area contributed by atoms with E-state index in [9.17, 15) is 4.79 Å². The van der Waals surface area contributed by atoms with Crippen LogP contribution in [0.15, 0.2) is 24.3 Å². The third kappa shape index (κ3) is 5.29. The van der Waals surface area contributed by atoms with E-state index in [4.69, 9.17) is 11.6 Å². The van der Waals surface area contributed by atoms with Crippen LogP contribution in [0.4, 0.5) is 0 Å². The van der Waals surface area contributed by atoms with E-state index in [1.54, 1.807) is 0 Å². The first-order valence-electron chi connectivity index (χ1n) is 8.35. The second-order valence-corrected chi connectivity index (χ2v) is 6.84. The van der Waals surface area contributed by atoms with Gasteiger partial charge in [-0.25, -0.2) is 0 Å². The number of piperidine rings is 1. The van der Waals surface area contributed by atoms with Crippen LogP contribution in [0, 0.1) is 5.92 Å². The van der Waals surface area contributed by atoms with Gasteiger partial charge in [-0.1, -0.05) is 37.1 Å². The van der Waals surface area contributed by atoms with Crippen molar-refractivity contribution in [2.75, 3.05) is 13.1 Å². The highest BCUT2D eigenvalue weighted by molar-refractivity contribution is 6.30. The normalized spacial score (nSPS) is 20.6. The van der Waals surface area contributed by atoms with Crippen molar-refractivity contribution >= 4 is 17.5 Å². The number of benzene rings is 1. The third-order valence-corrected chi connectivity index (χ3v) is 4.56. The molecule has 0 aromatic heterocycles. The number of carbonyl (C=O) groups excluding carboxylic acids is 1. The topological polar surface area (TPSA) is 32.3 Å². The standard InChI is InChI=1S/C18H27ClN2O/c1-3-5-14(2)20-18(22)16-6-4-11-21(13-16)12-15-7-9-17(19)10-8-15/h7-10,14,16H,3-6,11-13H2,1-2H3,(H,20,22)/t14-,16+/m1/s1. The zero-order valence-electron chi connectivity index (χ0n) is 13.6. The summed E-state index contributed by atoms with van der Waals surface area (Å²) >= 11 is 5.93. The van der Waals surface area contributed by atoms with Gasteiger partial charge in [0.05, 0.1) is 5.92 Å². The van der Waals surface area contributed by atoms with E-state index < -0.39 is 0 Å². The van der Waals surface area contributed by atoms with Gasteiger partial charge in [0.15, 0.2) is 0 Å². The molecule has 0 spiro atoms. The van der Waals surface area contributed by atoms with Gasteiger partial charge in [0.2, 0.25) is 5.91 Å². The number of hydrogen-bond acceptors (Lipinski definition) is 2. The molecule has 0 saturated carbocycles. The first kappa shape index (κ1) is 17.3. The number of nitrogens with one attached hydrogen (secondary N) is 1. The first-order valence-corrected chi connectivity index (χ1v) is 8.73. The van der Waals surface area contributed by atoms with Gasteiger partial charge in [-0.3, -0.25) is 9.69 Å². The molecule has 22 heavy (non-hydrogen) atoms. The minimum absolute atomic E-state index is 0.125. The largest absolute Gasteiger partial charge is 0.353 e. The number of hydrogen-bond donors (Lipinski definition) is 1. The zero-order valence-corrected chi connectivity index (χ0v) is 14.4. The highest BCUT2D eigenvalue weighted by Crippen LogP contribution is 2.20. The highest BCUT2D eigenvalue weighted by Gasteiger charge is 2.26. The number of likely N-dealkylation sites (tertiary alicyclic amines) is 1. The fraction of sp³-hybridized carbons (Fsp3) is 0.611. The van der Waals surface area contributed by atoms with Crippen LogP contribution in [-0.4, -0.2) is 29.9 Å². The lowest BCUT2D eigenvalue weighted by molar-refractivity contribution is -0.127. The predicted molar refractivity (Wildman–Crippen MR) is 92.0 cm³/mol. The SMILES string of the molecule is CCC[C@@H](C)NC(=O)[C@H]1CCCN(Cc2ccc(Cl)cc2)C1. The van der Waals surface area contributed by atoms with Crippen LogP contribution in [0.2, 0.25) is 5.02 Å². The predicted octanol–water partition coefficient (Wildman–Crippen LogP) is 3.86. The Morgan fingerprint density at radius 3 is 2.82 bits per heavy atom. The molecule has 1 N–H and O–H groups in total. The van der Waals surface area contributed by atoms with Gasteiger partial charge in [-0.2, -0.15) is 0 Å². The maximum absolute atomic E-state index is 12.4. The molecule has 1 amide bonds. The van der Waals surface area contributed by atoms with Crippen molar-refractivity contribution in [3.63, 3.8) is 0 Å². The quantitative estimate of drug-likeness (QED) is 0.862. The average Bonchev–Trinajstić information content (AvgIpc) is 2.50. The van der Waals surface area contributed by atoms with Gasteiger partial charge in [0.1, 0.15) is 0 Å². The Labute approximate surface area is 139 Å². The Morgan fingerprint density at radius 1 is 1.41 bits per heavy atom. The van der Waals surface area contributed by atoms with Crippen molar-refractivity contribution in [1.82, 2.24) is 10.2 Å². The fourth-order valence-corrected chi connectivity index (χ4v) is 3.25. The number of amides is 1. The molecule has 3 nitrogen and oxygen atoms in total. The maximum Gasteiger partial charge on any atom is 0.224 e. The monoisotopic (exact) mass is 322 g/mol. The molecule has 0 radical (unpaired) electrons. The summed E-state index contributed by atoms with van der Waals surface area (Å²) in [5.41, 5.74) is 1.25. The summed E-state index contributed by atoms with van der Waals surface area (Å²) in [6.45, 7) is 7.06. The smallest absolute Gasteiger partial charge is 0.224 e. The Bertz CT molecular complexity index is 474. The van der Waals surface area contributed by atoms with Gasteiger partial charge in [0.25, 0.3) is 0 Å². The van der Waals surface area contributed by atoms with Crippen molar-refractivity contribution in [3.05, 3.63) is 34.9 Å². The molecule has 1 saturated heterocycles. The van der Waals surface area contributed by atoms with E-state index in [1.165, 1.54) is 5.56 Å². The highest BCUT2D eigenvalue weighted by atomic mass is 35.5. The Kier molecular flexibility index (Phi) is 6.71. The summed E-state index contributed by atoms with van der Waals surface area (Å²) < 4.78 is 0. The van der Waals surface area contributed by atoms with Crippen LogP contribution in [0.5, 0.6) is 0 Å². The lowest BCUT2D eigenvalue weighted by atomic mass is 9.96. The van der Waals surface area contributed by atoms with Crippen molar-refractivity contribution < 1.29 is 4.79 Å². The second-order valence-electron chi connectivity index (χ2n) is 6.40. The molecule has 2 atom stereocenters. The lowest BCUT2D eigenvalue weighted by Gasteiger charge is -2.32. The second kappa shape index (κ2) is 8.54. The van der Waals surface area contributed by atoms with Crippen molar-refractivity contribution in [1.29, 1.82) is 0 Å². The molecular formula is C18H27ClN2O.